The molecule has 2 aliphatic rings. The molecule has 1 unspecified atom stereocenters. The van der Waals surface area contributed by atoms with Gasteiger partial charge in [-0.1, -0.05) is 30.3 Å². The van der Waals surface area contributed by atoms with Crippen LogP contribution in [0.15, 0.2) is 48.8 Å². The molecule has 2 saturated heterocycles. The molecule has 1 aromatic carbocycles. The maximum absolute atomic E-state index is 13.4. The van der Waals surface area contributed by atoms with Gasteiger partial charge < -0.3 is 14.8 Å². The van der Waals surface area contributed by atoms with Crippen molar-refractivity contribution < 1.29 is 14.3 Å². The average Bonchev–Trinajstić information content (AvgIpc) is 2.80. The molecule has 2 fully saturated rings. The number of carbonyl (C=O) groups is 1. The van der Waals surface area contributed by atoms with Crippen molar-refractivity contribution in [3.05, 3.63) is 54.4 Å². The van der Waals surface area contributed by atoms with Gasteiger partial charge in [0, 0.05) is 44.3 Å². The highest BCUT2D eigenvalue weighted by molar-refractivity contribution is 5.83. The number of pyridine rings is 1. The minimum atomic E-state index is -0.425. The molecule has 1 atom stereocenters. The first-order valence-corrected chi connectivity index (χ1v) is 10.7. The lowest BCUT2D eigenvalue weighted by molar-refractivity contribution is -0.137. The number of hydrogen-bond acceptors (Lipinski definition) is 4. The van der Waals surface area contributed by atoms with Crippen molar-refractivity contribution in [1.82, 2.24) is 10.3 Å². The van der Waals surface area contributed by atoms with Crippen LogP contribution in [-0.2, 0) is 20.7 Å². The molecule has 3 heterocycles. The third kappa shape index (κ3) is 4.85. The van der Waals surface area contributed by atoms with Gasteiger partial charge in [-0.3, -0.25) is 9.78 Å². The molecular weight excluding hydrogens is 364 g/mol. The maximum Gasteiger partial charge on any atom is 0.226 e. The van der Waals surface area contributed by atoms with E-state index in [-0.39, 0.29) is 5.91 Å². The van der Waals surface area contributed by atoms with E-state index in [1.807, 2.05) is 18.3 Å². The van der Waals surface area contributed by atoms with Crippen molar-refractivity contribution in [2.45, 2.75) is 32.1 Å². The Bertz CT molecular complexity index is 797. The van der Waals surface area contributed by atoms with Gasteiger partial charge in [-0.05, 0) is 55.2 Å². The molecule has 0 spiro atoms. The van der Waals surface area contributed by atoms with E-state index in [2.05, 4.69) is 34.6 Å². The topological polar surface area (TPSA) is 60.5 Å². The molecule has 2 aliphatic heterocycles. The Labute approximate surface area is 172 Å². The van der Waals surface area contributed by atoms with Gasteiger partial charge in [0.25, 0.3) is 0 Å². The minimum Gasteiger partial charge on any atom is -0.381 e. The van der Waals surface area contributed by atoms with Crippen LogP contribution in [0.2, 0.25) is 0 Å². The SMILES string of the molecule is O=C(NCC1CCCOC1)C1(Cc2ccccc2-c2cccnc2)CCOCC1. The normalized spacial score (nSPS) is 21.4. The van der Waals surface area contributed by atoms with Gasteiger partial charge in [0.1, 0.15) is 0 Å². The molecule has 5 nitrogen and oxygen atoms in total. The zero-order chi connectivity index (χ0) is 19.9. The van der Waals surface area contributed by atoms with Gasteiger partial charge in [-0.25, -0.2) is 0 Å². The lowest BCUT2D eigenvalue weighted by Crippen LogP contribution is -2.47. The van der Waals surface area contributed by atoms with E-state index in [0.29, 0.717) is 32.1 Å². The fourth-order valence-electron chi connectivity index (χ4n) is 4.48. The Morgan fingerprint density at radius 2 is 1.97 bits per heavy atom. The quantitative estimate of drug-likeness (QED) is 0.813. The molecule has 1 N–H and O–H groups in total. The van der Waals surface area contributed by atoms with Gasteiger partial charge in [0.05, 0.1) is 12.0 Å². The van der Waals surface area contributed by atoms with Gasteiger partial charge >= 0.3 is 0 Å². The number of carbonyl (C=O) groups excluding carboxylic acids is 1. The Morgan fingerprint density at radius 3 is 2.72 bits per heavy atom. The van der Waals surface area contributed by atoms with Crippen LogP contribution in [0, 0.1) is 11.3 Å². The van der Waals surface area contributed by atoms with E-state index < -0.39 is 5.41 Å². The summed E-state index contributed by atoms with van der Waals surface area (Å²) in [7, 11) is 0. The second-order valence-electron chi connectivity index (χ2n) is 8.26. The van der Waals surface area contributed by atoms with E-state index in [1.54, 1.807) is 6.20 Å². The summed E-state index contributed by atoms with van der Waals surface area (Å²) in [6.07, 6.45) is 8.10. The average molecular weight is 395 g/mol. The summed E-state index contributed by atoms with van der Waals surface area (Å²) in [5.74, 6) is 0.583. The summed E-state index contributed by atoms with van der Waals surface area (Å²) in [5.41, 5.74) is 3.01. The van der Waals surface area contributed by atoms with E-state index >= 15 is 0 Å². The van der Waals surface area contributed by atoms with Crippen molar-refractivity contribution in [2.24, 2.45) is 11.3 Å². The molecule has 0 bridgehead atoms. The summed E-state index contributed by atoms with van der Waals surface area (Å²) >= 11 is 0. The molecule has 1 amide bonds. The summed E-state index contributed by atoms with van der Waals surface area (Å²) in [5, 5.41) is 3.26. The maximum atomic E-state index is 13.4. The van der Waals surface area contributed by atoms with E-state index in [9.17, 15) is 4.79 Å². The number of nitrogens with one attached hydrogen (secondary N) is 1. The van der Waals surface area contributed by atoms with Crippen LogP contribution < -0.4 is 5.32 Å². The standard InChI is InChI=1S/C24H30N2O3/c27-23(26-16-19-5-4-12-29-18-19)24(9-13-28-14-10-24)15-20-6-1-2-8-22(20)21-7-3-11-25-17-21/h1-3,6-8,11,17,19H,4-5,9-10,12-16,18H2,(H,26,27). The zero-order valence-electron chi connectivity index (χ0n) is 16.9. The first-order valence-electron chi connectivity index (χ1n) is 10.7. The molecule has 154 valence electrons. The molecule has 0 saturated carbocycles. The molecule has 4 rings (SSSR count). The van der Waals surface area contributed by atoms with Crippen LogP contribution in [0.1, 0.15) is 31.2 Å². The highest BCUT2D eigenvalue weighted by Crippen LogP contribution is 2.37. The second-order valence-corrected chi connectivity index (χ2v) is 8.26. The van der Waals surface area contributed by atoms with Crippen LogP contribution in [-0.4, -0.2) is 43.9 Å². The van der Waals surface area contributed by atoms with E-state index in [0.717, 1.165) is 50.0 Å². The number of amides is 1. The fourth-order valence-corrected chi connectivity index (χ4v) is 4.48. The van der Waals surface area contributed by atoms with Crippen molar-refractivity contribution >= 4 is 5.91 Å². The highest BCUT2D eigenvalue weighted by Gasteiger charge is 2.40. The number of rotatable bonds is 6. The van der Waals surface area contributed by atoms with Gasteiger partial charge in [0.2, 0.25) is 5.91 Å². The molecular formula is C24H30N2O3. The van der Waals surface area contributed by atoms with Crippen LogP contribution in [0.5, 0.6) is 0 Å². The van der Waals surface area contributed by atoms with Crippen LogP contribution >= 0.6 is 0 Å². The molecule has 5 heteroatoms. The summed E-state index contributed by atoms with van der Waals surface area (Å²) in [6, 6.07) is 12.4. The van der Waals surface area contributed by atoms with Crippen LogP contribution in [0.3, 0.4) is 0 Å². The molecule has 0 aliphatic carbocycles. The number of aromatic nitrogens is 1. The summed E-state index contributed by atoms with van der Waals surface area (Å²) in [4.78, 5) is 17.7. The van der Waals surface area contributed by atoms with Crippen molar-refractivity contribution in [3.63, 3.8) is 0 Å². The number of benzene rings is 1. The van der Waals surface area contributed by atoms with Gasteiger partial charge in [0.15, 0.2) is 0 Å². The van der Waals surface area contributed by atoms with Crippen molar-refractivity contribution in [3.8, 4) is 11.1 Å². The van der Waals surface area contributed by atoms with Crippen LogP contribution in [0.25, 0.3) is 11.1 Å². The predicted octanol–water partition coefficient (Wildman–Crippen LogP) is 3.63. The number of nitrogens with zero attached hydrogens (tertiary/aromatic N) is 1. The third-order valence-electron chi connectivity index (χ3n) is 6.26. The first kappa shape index (κ1) is 20.0. The first-order chi connectivity index (χ1) is 14.3. The lowest BCUT2D eigenvalue weighted by Gasteiger charge is -2.37. The molecule has 1 aromatic heterocycles. The second kappa shape index (κ2) is 9.51. The Kier molecular flexibility index (Phi) is 6.57. The highest BCUT2D eigenvalue weighted by atomic mass is 16.5. The lowest BCUT2D eigenvalue weighted by atomic mass is 9.73. The molecule has 0 radical (unpaired) electrons. The van der Waals surface area contributed by atoms with Gasteiger partial charge in [-0.15, -0.1) is 0 Å². The fraction of sp³-hybridized carbons (Fsp3) is 0.500. The summed E-state index contributed by atoms with van der Waals surface area (Å²) in [6.45, 7) is 3.56. The van der Waals surface area contributed by atoms with Crippen molar-refractivity contribution in [2.75, 3.05) is 33.0 Å². The van der Waals surface area contributed by atoms with E-state index in [4.69, 9.17) is 9.47 Å². The van der Waals surface area contributed by atoms with Crippen LogP contribution in [0.4, 0.5) is 0 Å². The monoisotopic (exact) mass is 394 g/mol. The Morgan fingerprint density at radius 1 is 1.10 bits per heavy atom. The Balaban J connectivity index is 1.54. The zero-order valence-corrected chi connectivity index (χ0v) is 16.9. The predicted molar refractivity (Wildman–Crippen MR) is 112 cm³/mol. The number of hydrogen-bond donors (Lipinski definition) is 1. The minimum absolute atomic E-state index is 0.160. The van der Waals surface area contributed by atoms with Crippen molar-refractivity contribution in [1.29, 1.82) is 0 Å². The number of ether oxygens (including phenoxy) is 2. The van der Waals surface area contributed by atoms with Gasteiger partial charge in [-0.2, -0.15) is 0 Å². The third-order valence-corrected chi connectivity index (χ3v) is 6.26. The Hall–Kier alpha value is -2.24. The molecule has 29 heavy (non-hydrogen) atoms. The largest absolute Gasteiger partial charge is 0.381 e. The summed E-state index contributed by atoms with van der Waals surface area (Å²) < 4.78 is 11.2. The van der Waals surface area contributed by atoms with E-state index in [1.165, 1.54) is 5.56 Å². The molecule has 2 aromatic rings. The smallest absolute Gasteiger partial charge is 0.226 e.